The van der Waals surface area contributed by atoms with Gasteiger partial charge in [0.25, 0.3) is 6.43 Å². The minimum absolute atomic E-state index is 0.0239. The number of rotatable bonds is 5. The van der Waals surface area contributed by atoms with Gasteiger partial charge in [-0.15, -0.1) is 0 Å². The van der Waals surface area contributed by atoms with E-state index in [0.29, 0.717) is 17.0 Å². The van der Waals surface area contributed by atoms with E-state index < -0.39 is 12.4 Å². The molecule has 30 heavy (non-hydrogen) atoms. The lowest BCUT2D eigenvalue weighted by atomic mass is 10.1. The molecule has 0 N–H and O–H groups in total. The zero-order chi connectivity index (χ0) is 21.1. The number of benzene rings is 2. The number of fused-ring (bicyclic) bond motifs is 1. The lowest BCUT2D eigenvalue weighted by molar-refractivity contribution is 0.0518. The molecule has 0 bridgehead atoms. The minimum atomic E-state index is -2.81. The first-order valence-electron chi connectivity index (χ1n) is 9.08. The molecule has 0 spiro atoms. The fraction of sp³-hybridized carbons (Fsp3) is 0.0909. The van der Waals surface area contributed by atoms with Crippen molar-refractivity contribution in [3.63, 3.8) is 0 Å². The van der Waals surface area contributed by atoms with Crippen molar-refractivity contribution in [1.29, 1.82) is 0 Å². The van der Waals surface area contributed by atoms with Crippen molar-refractivity contribution in [2.45, 2.75) is 13.3 Å². The molecule has 8 heteroatoms. The molecule has 2 heterocycles. The van der Waals surface area contributed by atoms with E-state index in [9.17, 15) is 13.6 Å². The van der Waals surface area contributed by atoms with Crippen LogP contribution in [0.15, 0.2) is 78.1 Å². The summed E-state index contributed by atoms with van der Waals surface area (Å²) in [5.41, 5.74) is 1.77. The summed E-state index contributed by atoms with van der Waals surface area (Å²) in [6.07, 6.45) is -1.65. The van der Waals surface area contributed by atoms with E-state index in [4.69, 9.17) is 4.84 Å². The quantitative estimate of drug-likeness (QED) is 0.268. The van der Waals surface area contributed by atoms with Gasteiger partial charge >= 0.3 is 5.97 Å². The Morgan fingerprint density at radius 2 is 1.73 bits per heavy atom. The Balaban J connectivity index is 1.72. The molecule has 0 aliphatic heterocycles. The second-order valence-electron chi connectivity index (χ2n) is 6.45. The van der Waals surface area contributed by atoms with E-state index >= 15 is 0 Å². The first-order valence-corrected chi connectivity index (χ1v) is 9.08. The van der Waals surface area contributed by atoms with Gasteiger partial charge in [0.1, 0.15) is 11.3 Å². The van der Waals surface area contributed by atoms with Crippen LogP contribution in [0.5, 0.6) is 0 Å². The second-order valence-corrected chi connectivity index (χ2v) is 6.45. The number of carbonyl (C=O) groups excluding carboxylic acids is 1. The van der Waals surface area contributed by atoms with Crippen molar-refractivity contribution < 1.29 is 18.4 Å². The highest BCUT2D eigenvalue weighted by Gasteiger charge is 2.22. The maximum absolute atomic E-state index is 13.6. The molecule has 0 amide bonds. The molecular weight excluding hydrogens is 390 g/mol. The Morgan fingerprint density at radius 1 is 1.07 bits per heavy atom. The molecule has 4 rings (SSSR count). The number of halogens is 2. The molecule has 0 aliphatic carbocycles. The Labute approximate surface area is 170 Å². The van der Waals surface area contributed by atoms with Crippen molar-refractivity contribution in [2.75, 3.05) is 0 Å². The minimum Gasteiger partial charge on any atom is -0.312 e. The topological polar surface area (TPSA) is 68.8 Å². The van der Waals surface area contributed by atoms with Gasteiger partial charge in [-0.2, -0.15) is 5.10 Å². The van der Waals surface area contributed by atoms with Gasteiger partial charge in [0.05, 0.1) is 17.6 Å². The molecule has 0 saturated heterocycles. The largest absolute Gasteiger partial charge is 0.371 e. The summed E-state index contributed by atoms with van der Waals surface area (Å²) >= 11 is 0. The maximum atomic E-state index is 13.6. The molecule has 0 fully saturated rings. The highest BCUT2D eigenvalue weighted by Crippen LogP contribution is 2.27. The Kier molecular flexibility index (Phi) is 5.30. The predicted octanol–water partition coefficient (Wildman–Crippen LogP) is 4.91. The van der Waals surface area contributed by atoms with Crippen LogP contribution in [0.25, 0.3) is 16.9 Å². The highest BCUT2D eigenvalue weighted by atomic mass is 19.3. The van der Waals surface area contributed by atoms with Crippen LogP contribution in [-0.4, -0.2) is 26.3 Å². The van der Waals surface area contributed by atoms with E-state index in [0.717, 1.165) is 16.3 Å². The third-order valence-electron chi connectivity index (χ3n) is 4.47. The van der Waals surface area contributed by atoms with Crippen LogP contribution >= 0.6 is 0 Å². The van der Waals surface area contributed by atoms with Crippen LogP contribution in [0.4, 0.5) is 8.78 Å². The molecule has 0 saturated carbocycles. The number of hydrogen-bond acceptors (Lipinski definition) is 5. The molecule has 150 valence electrons. The van der Waals surface area contributed by atoms with Gasteiger partial charge in [-0.25, -0.2) is 23.1 Å². The molecular formula is C22H16F2N4O2. The molecule has 0 unspecified atom stereocenters. The number of aromatic nitrogens is 3. The lowest BCUT2D eigenvalue weighted by Gasteiger charge is -2.08. The zero-order valence-corrected chi connectivity index (χ0v) is 15.9. The van der Waals surface area contributed by atoms with E-state index in [1.165, 1.54) is 6.07 Å². The van der Waals surface area contributed by atoms with Crippen molar-refractivity contribution in [3.8, 4) is 11.3 Å². The lowest BCUT2D eigenvalue weighted by Crippen LogP contribution is -2.07. The van der Waals surface area contributed by atoms with E-state index in [1.807, 2.05) is 36.4 Å². The molecule has 0 radical (unpaired) electrons. The first-order chi connectivity index (χ1) is 14.5. The van der Waals surface area contributed by atoms with Gasteiger partial charge in [0.2, 0.25) is 0 Å². The average molecular weight is 406 g/mol. The third kappa shape index (κ3) is 3.80. The van der Waals surface area contributed by atoms with Gasteiger partial charge in [-0.3, -0.25) is 0 Å². The third-order valence-corrected chi connectivity index (χ3v) is 4.47. The Morgan fingerprint density at radius 3 is 2.40 bits per heavy atom. The number of carbonyl (C=O) groups is 1. The predicted molar refractivity (Wildman–Crippen MR) is 107 cm³/mol. The van der Waals surface area contributed by atoms with Crippen molar-refractivity contribution in [3.05, 3.63) is 89.7 Å². The van der Waals surface area contributed by atoms with Crippen LogP contribution in [0.1, 0.15) is 35.0 Å². The SMILES string of the molecule is C/C(=N/OC(=O)c1cnn2c(C(F)F)cc(-c3ccccc3)nc12)c1ccccc1. The Bertz CT molecular complexity index is 1220. The zero-order valence-electron chi connectivity index (χ0n) is 15.9. The molecule has 2 aromatic heterocycles. The highest BCUT2D eigenvalue weighted by molar-refractivity contribution is 6.00. The van der Waals surface area contributed by atoms with Crippen LogP contribution in [0, 0.1) is 0 Å². The van der Waals surface area contributed by atoms with E-state index in [1.54, 1.807) is 31.2 Å². The summed E-state index contributed by atoms with van der Waals surface area (Å²) in [7, 11) is 0. The molecule has 0 aliphatic rings. The molecule has 4 aromatic rings. The van der Waals surface area contributed by atoms with Gasteiger partial charge in [0, 0.05) is 5.56 Å². The molecule has 0 atom stereocenters. The number of oxime groups is 1. The Hall–Kier alpha value is -3.94. The van der Waals surface area contributed by atoms with Crippen molar-refractivity contribution in [2.24, 2.45) is 5.16 Å². The normalized spacial score (nSPS) is 11.8. The summed E-state index contributed by atoms with van der Waals surface area (Å²) in [5.74, 6) is -0.835. The van der Waals surface area contributed by atoms with Gasteiger partial charge in [-0.05, 0) is 18.6 Å². The first kappa shape index (κ1) is 19.4. The number of nitrogens with zero attached hydrogens (tertiary/aromatic N) is 4. The van der Waals surface area contributed by atoms with Crippen LogP contribution in [0.2, 0.25) is 0 Å². The van der Waals surface area contributed by atoms with Gasteiger partial charge in [-0.1, -0.05) is 65.8 Å². The summed E-state index contributed by atoms with van der Waals surface area (Å²) in [5, 5.41) is 7.76. The maximum Gasteiger partial charge on any atom is 0.371 e. The van der Waals surface area contributed by atoms with E-state index in [-0.39, 0.29) is 16.9 Å². The monoisotopic (exact) mass is 406 g/mol. The number of alkyl halides is 2. The van der Waals surface area contributed by atoms with E-state index in [2.05, 4.69) is 15.2 Å². The van der Waals surface area contributed by atoms with Crippen LogP contribution in [0.3, 0.4) is 0 Å². The van der Waals surface area contributed by atoms with Crippen LogP contribution in [-0.2, 0) is 4.84 Å². The molecule has 6 nitrogen and oxygen atoms in total. The van der Waals surface area contributed by atoms with Crippen molar-refractivity contribution in [1.82, 2.24) is 14.6 Å². The smallest absolute Gasteiger partial charge is 0.312 e. The number of hydrogen-bond donors (Lipinski definition) is 0. The van der Waals surface area contributed by atoms with Gasteiger partial charge in [0.15, 0.2) is 5.65 Å². The molecule has 2 aromatic carbocycles. The van der Waals surface area contributed by atoms with Crippen molar-refractivity contribution >= 4 is 17.3 Å². The summed E-state index contributed by atoms with van der Waals surface area (Å²) in [6, 6.07) is 19.3. The fourth-order valence-corrected chi connectivity index (χ4v) is 2.93. The average Bonchev–Trinajstić information content (AvgIpc) is 3.21. The summed E-state index contributed by atoms with van der Waals surface area (Å²) < 4.78 is 28.2. The van der Waals surface area contributed by atoms with Crippen LogP contribution < -0.4 is 0 Å². The second kappa shape index (κ2) is 8.20. The summed E-state index contributed by atoms with van der Waals surface area (Å²) in [4.78, 5) is 22.0. The van der Waals surface area contributed by atoms with Gasteiger partial charge < -0.3 is 4.84 Å². The summed E-state index contributed by atoms with van der Waals surface area (Å²) in [6.45, 7) is 1.69. The standard InChI is InChI=1S/C22H16F2N4O2/c1-14(15-8-4-2-5-9-15)27-30-22(29)17-13-25-28-19(20(23)24)12-18(26-21(17)28)16-10-6-3-7-11-16/h2-13,20H,1H3/b27-14-. The fourth-order valence-electron chi connectivity index (χ4n) is 2.93.